The molecule has 0 bridgehead atoms. The molecule has 1 aromatic carbocycles. The summed E-state index contributed by atoms with van der Waals surface area (Å²) in [5.41, 5.74) is 7.26. The van der Waals surface area contributed by atoms with Crippen LogP contribution in [0.2, 0.25) is 0 Å². The van der Waals surface area contributed by atoms with E-state index in [1.54, 1.807) is 25.1 Å². The lowest BCUT2D eigenvalue weighted by Gasteiger charge is -2.18. The largest absolute Gasteiger partial charge is 0.469 e. The number of methoxy groups -OCH3 is 1. The molecule has 4 nitrogen and oxygen atoms in total. The summed E-state index contributed by atoms with van der Waals surface area (Å²) in [5, 5.41) is 0. The van der Waals surface area contributed by atoms with Gasteiger partial charge in [-0.1, -0.05) is 29.8 Å². The van der Waals surface area contributed by atoms with Crippen molar-refractivity contribution in [3.05, 3.63) is 41.2 Å². The quantitative estimate of drug-likeness (QED) is 0.637. The lowest BCUT2D eigenvalue weighted by Crippen LogP contribution is -2.35. The van der Waals surface area contributed by atoms with E-state index in [0.29, 0.717) is 12.1 Å². The second-order valence-corrected chi connectivity index (χ2v) is 3.97. The minimum absolute atomic E-state index is 0.279. The Kier molecular flexibility index (Phi) is 4.68. The van der Waals surface area contributed by atoms with Crippen molar-refractivity contribution in [3.63, 3.8) is 0 Å². The average molecular weight is 232 g/mol. The summed E-state index contributed by atoms with van der Waals surface area (Å²) in [6.45, 7) is 8.71. The SMILES string of the molecule is [C-]#[N+]c1cccc(CC(C(=O)OC)[C@@H](C)N)c1. The first-order chi connectivity index (χ1) is 8.08. The molecule has 1 aromatic rings. The molecule has 2 N–H and O–H groups in total. The Morgan fingerprint density at radius 3 is 2.82 bits per heavy atom. The van der Waals surface area contributed by atoms with Crippen LogP contribution < -0.4 is 5.73 Å². The smallest absolute Gasteiger partial charge is 0.310 e. The fourth-order valence-corrected chi connectivity index (χ4v) is 1.64. The Bertz CT molecular complexity index is 435. The Labute approximate surface area is 101 Å². The molecule has 90 valence electrons. The molecule has 0 saturated heterocycles. The summed E-state index contributed by atoms with van der Waals surface area (Å²) in [4.78, 5) is 14.9. The molecular weight excluding hydrogens is 216 g/mol. The highest BCUT2D eigenvalue weighted by atomic mass is 16.5. The molecule has 0 saturated carbocycles. The number of esters is 1. The molecule has 0 heterocycles. The van der Waals surface area contributed by atoms with Gasteiger partial charge in [-0.25, -0.2) is 4.85 Å². The maximum atomic E-state index is 11.5. The van der Waals surface area contributed by atoms with Gasteiger partial charge in [0.1, 0.15) is 0 Å². The number of carbonyl (C=O) groups is 1. The molecule has 0 radical (unpaired) electrons. The van der Waals surface area contributed by atoms with Gasteiger partial charge in [-0.3, -0.25) is 4.79 Å². The van der Waals surface area contributed by atoms with Crippen molar-refractivity contribution < 1.29 is 9.53 Å². The number of ether oxygens (including phenoxy) is 1. The second-order valence-electron chi connectivity index (χ2n) is 3.97. The Morgan fingerprint density at radius 1 is 1.59 bits per heavy atom. The first-order valence-corrected chi connectivity index (χ1v) is 5.38. The van der Waals surface area contributed by atoms with E-state index < -0.39 is 0 Å². The number of benzene rings is 1. The predicted octanol–water partition coefficient (Wildman–Crippen LogP) is 1.92. The average Bonchev–Trinajstić information content (AvgIpc) is 2.35. The minimum Gasteiger partial charge on any atom is -0.469 e. The van der Waals surface area contributed by atoms with Crippen molar-refractivity contribution in [2.45, 2.75) is 19.4 Å². The molecule has 0 amide bonds. The summed E-state index contributed by atoms with van der Waals surface area (Å²) in [6.07, 6.45) is 0.494. The Hall–Kier alpha value is -1.86. The summed E-state index contributed by atoms with van der Waals surface area (Å²) in [6, 6.07) is 6.91. The topological polar surface area (TPSA) is 56.7 Å². The third-order valence-electron chi connectivity index (χ3n) is 2.63. The van der Waals surface area contributed by atoms with Gasteiger partial charge in [0.25, 0.3) is 0 Å². The van der Waals surface area contributed by atoms with E-state index in [4.69, 9.17) is 17.0 Å². The van der Waals surface area contributed by atoms with Gasteiger partial charge in [0, 0.05) is 6.04 Å². The summed E-state index contributed by atoms with van der Waals surface area (Å²) in [7, 11) is 1.35. The van der Waals surface area contributed by atoms with Crippen LogP contribution in [0.15, 0.2) is 24.3 Å². The second kappa shape index (κ2) is 6.02. The molecule has 0 aliphatic rings. The molecule has 0 aliphatic carbocycles. The highest BCUT2D eigenvalue weighted by molar-refractivity contribution is 5.73. The standard InChI is InChI=1S/C13H16N2O2/c1-9(14)12(13(16)17-3)8-10-5-4-6-11(7-10)15-2/h4-7,9,12H,8,14H2,1,3H3/t9-,12?/m1/s1. The van der Waals surface area contributed by atoms with Gasteiger partial charge in [-0.2, -0.15) is 0 Å². The van der Waals surface area contributed by atoms with E-state index in [1.807, 2.05) is 6.07 Å². The van der Waals surface area contributed by atoms with Crippen LogP contribution in [0.1, 0.15) is 12.5 Å². The van der Waals surface area contributed by atoms with Gasteiger partial charge in [-0.05, 0) is 13.3 Å². The van der Waals surface area contributed by atoms with Crippen molar-refractivity contribution >= 4 is 11.7 Å². The van der Waals surface area contributed by atoms with Crippen molar-refractivity contribution in [1.82, 2.24) is 0 Å². The van der Waals surface area contributed by atoms with Gasteiger partial charge in [0.05, 0.1) is 19.6 Å². The maximum absolute atomic E-state index is 11.5. The molecule has 1 rings (SSSR count). The van der Waals surface area contributed by atoms with Crippen molar-refractivity contribution in [1.29, 1.82) is 0 Å². The van der Waals surface area contributed by atoms with Crippen LogP contribution in [-0.4, -0.2) is 19.1 Å². The first-order valence-electron chi connectivity index (χ1n) is 5.38. The first kappa shape index (κ1) is 13.2. The molecule has 4 heteroatoms. The van der Waals surface area contributed by atoms with E-state index in [1.165, 1.54) is 7.11 Å². The number of rotatable bonds is 4. The van der Waals surface area contributed by atoms with Crippen LogP contribution >= 0.6 is 0 Å². The van der Waals surface area contributed by atoms with Crippen LogP contribution in [0.25, 0.3) is 4.85 Å². The highest BCUT2D eigenvalue weighted by Crippen LogP contribution is 2.18. The lowest BCUT2D eigenvalue weighted by molar-refractivity contribution is -0.146. The molecule has 1 unspecified atom stereocenters. The zero-order valence-corrected chi connectivity index (χ0v) is 10.0. The zero-order chi connectivity index (χ0) is 12.8. The van der Waals surface area contributed by atoms with Gasteiger partial charge in [-0.15, -0.1) is 0 Å². The zero-order valence-electron chi connectivity index (χ0n) is 10.0. The van der Waals surface area contributed by atoms with Gasteiger partial charge >= 0.3 is 5.97 Å². The predicted molar refractivity (Wildman–Crippen MR) is 65.6 cm³/mol. The molecule has 2 atom stereocenters. The Balaban J connectivity index is 2.86. The summed E-state index contributed by atoms with van der Waals surface area (Å²) >= 11 is 0. The summed E-state index contributed by atoms with van der Waals surface area (Å²) in [5.74, 6) is -0.686. The maximum Gasteiger partial charge on any atom is 0.310 e. The van der Waals surface area contributed by atoms with Gasteiger partial charge < -0.3 is 10.5 Å². The van der Waals surface area contributed by atoms with E-state index in [0.717, 1.165) is 5.56 Å². The molecule has 0 aliphatic heterocycles. The fourth-order valence-electron chi connectivity index (χ4n) is 1.64. The van der Waals surface area contributed by atoms with Crippen molar-refractivity contribution in [2.75, 3.05) is 7.11 Å². The van der Waals surface area contributed by atoms with Crippen LogP contribution in [-0.2, 0) is 16.0 Å². The minimum atomic E-state index is -0.374. The number of carbonyl (C=O) groups excluding carboxylic acids is 1. The Morgan fingerprint density at radius 2 is 2.29 bits per heavy atom. The highest BCUT2D eigenvalue weighted by Gasteiger charge is 2.23. The van der Waals surface area contributed by atoms with Crippen molar-refractivity contribution in [3.8, 4) is 0 Å². The van der Waals surface area contributed by atoms with Gasteiger partial charge in [0.2, 0.25) is 0 Å². The third-order valence-corrected chi connectivity index (χ3v) is 2.63. The number of nitrogens with zero attached hydrogens (tertiary/aromatic N) is 1. The van der Waals surface area contributed by atoms with Crippen LogP contribution in [0.4, 0.5) is 5.69 Å². The third kappa shape index (κ3) is 3.58. The van der Waals surface area contributed by atoms with E-state index in [2.05, 4.69) is 4.85 Å². The van der Waals surface area contributed by atoms with Crippen LogP contribution in [0.5, 0.6) is 0 Å². The van der Waals surface area contributed by atoms with Crippen LogP contribution in [0, 0.1) is 12.5 Å². The monoisotopic (exact) mass is 232 g/mol. The van der Waals surface area contributed by atoms with E-state index in [9.17, 15) is 4.79 Å². The molecule has 0 spiro atoms. The van der Waals surface area contributed by atoms with Crippen LogP contribution in [0.3, 0.4) is 0 Å². The lowest BCUT2D eigenvalue weighted by atomic mass is 9.93. The molecule has 0 aromatic heterocycles. The van der Waals surface area contributed by atoms with E-state index in [-0.39, 0.29) is 17.9 Å². The number of nitrogens with two attached hydrogens (primary N) is 1. The normalized spacial score (nSPS) is 13.5. The molecule has 17 heavy (non-hydrogen) atoms. The molecule has 0 fully saturated rings. The summed E-state index contributed by atoms with van der Waals surface area (Å²) < 4.78 is 4.72. The number of hydrogen-bond donors (Lipinski definition) is 1. The number of hydrogen-bond acceptors (Lipinski definition) is 3. The van der Waals surface area contributed by atoms with Crippen molar-refractivity contribution in [2.24, 2.45) is 11.7 Å². The fraction of sp³-hybridized carbons (Fsp3) is 0.385. The van der Waals surface area contributed by atoms with Gasteiger partial charge in [0.15, 0.2) is 5.69 Å². The molecular formula is C13H16N2O2. The van der Waals surface area contributed by atoms with E-state index >= 15 is 0 Å².